The van der Waals surface area contributed by atoms with Crippen LogP contribution in [0.15, 0.2) is 57.3 Å². The number of anilines is 1. The van der Waals surface area contributed by atoms with E-state index < -0.39 is 28.0 Å². The van der Waals surface area contributed by atoms with Gasteiger partial charge in [0.2, 0.25) is 0 Å². The van der Waals surface area contributed by atoms with Gasteiger partial charge in [-0.15, -0.1) is 4.40 Å². The molecule has 1 amide bonds. The van der Waals surface area contributed by atoms with Crippen molar-refractivity contribution in [3.63, 3.8) is 0 Å². The smallest absolute Gasteiger partial charge is 0.286 e. The minimum Gasteiger partial charge on any atom is -0.506 e. The summed E-state index contributed by atoms with van der Waals surface area (Å²) in [6.45, 7) is 7.98. The monoisotopic (exact) mass is 553 g/mol. The van der Waals surface area contributed by atoms with Crippen molar-refractivity contribution >= 4 is 39.0 Å². The summed E-state index contributed by atoms with van der Waals surface area (Å²) in [7, 11) is -4.28. The Hall–Kier alpha value is -3.66. The molecule has 1 heterocycles. The molecule has 9 nitrogen and oxygen atoms in total. The van der Waals surface area contributed by atoms with Crippen LogP contribution in [-0.4, -0.2) is 37.7 Å². The molecule has 4 rings (SSSR count). The highest BCUT2D eigenvalue weighted by Gasteiger charge is 2.49. The van der Waals surface area contributed by atoms with E-state index in [1.165, 1.54) is 18.2 Å². The second-order valence-electron chi connectivity index (χ2n) is 11.0. The molecular weight excluding hydrogens is 518 g/mol. The van der Waals surface area contributed by atoms with Gasteiger partial charge in [-0.1, -0.05) is 52.0 Å². The summed E-state index contributed by atoms with van der Waals surface area (Å²) in [6, 6.07) is 11.5. The van der Waals surface area contributed by atoms with Gasteiger partial charge in [-0.05, 0) is 55.2 Å². The van der Waals surface area contributed by atoms with Gasteiger partial charge < -0.3 is 20.9 Å². The molecule has 2 aliphatic rings. The number of ketones is 1. The number of rotatable bonds is 10. The lowest BCUT2D eigenvalue weighted by Gasteiger charge is -2.40. The van der Waals surface area contributed by atoms with Crippen LogP contribution in [0.4, 0.5) is 5.69 Å². The van der Waals surface area contributed by atoms with Crippen molar-refractivity contribution in [2.45, 2.75) is 63.7 Å². The number of fused-ring (bicyclic) bond motifs is 2. The van der Waals surface area contributed by atoms with Crippen molar-refractivity contribution in [3.8, 4) is 5.75 Å². The number of aliphatic hydroxyl groups is 1. The van der Waals surface area contributed by atoms with Crippen LogP contribution in [0.3, 0.4) is 0 Å². The fourth-order valence-electron chi connectivity index (χ4n) is 5.11. The number of nitrogens with zero attached hydrogens (tertiary/aromatic N) is 1. The lowest BCUT2D eigenvalue weighted by molar-refractivity contribution is -0.121. The SMILES string of the molecule is CC(C)CCC1(CCC(C)C)C(=O)C(C2=NS(=O)(=O)c3cc(OCC(N)=O)ccc3N2)=C(O)c2ccccc21. The molecule has 39 heavy (non-hydrogen) atoms. The van der Waals surface area contributed by atoms with Crippen LogP contribution >= 0.6 is 0 Å². The molecule has 0 spiro atoms. The summed E-state index contributed by atoms with van der Waals surface area (Å²) < 4.78 is 35.7. The molecule has 208 valence electrons. The van der Waals surface area contributed by atoms with E-state index in [0.29, 0.717) is 30.2 Å². The van der Waals surface area contributed by atoms with Crippen molar-refractivity contribution < 1.29 is 27.9 Å². The molecule has 0 fully saturated rings. The van der Waals surface area contributed by atoms with Crippen LogP contribution in [-0.2, 0) is 25.0 Å². The molecule has 0 aromatic heterocycles. The maximum Gasteiger partial charge on any atom is 0.286 e. The van der Waals surface area contributed by atoms with Gasteiger partial charge in [0.15, 0.2) is 18.2 Å². The number of nitrogens with two attached hydrogens (primary N) is 1. The van der Waals surface area contributed by atoms with Crippen molar-refractivity contribution in [1.82, 2.24) is 0 Å². The molecule has 2 aromatic carbocycles. The highest BCUT2D eigenvalue weighted by Crippen LogP contribution is 2.47. The number of hydrogen-bond donors (Lipinski definition) is 3. The van der Waals surface area contributed by atoms with Gasteiger partial charge in [0.25, 0.3) is 15.9 Å². The molecule has 2 aromatic rings. The number of hydrogen-bond acceptors (Lipinski definition) is 7. The molecule has 0 unspecified atom stereocenters. The lowest BCUT2D eigenvalue weighted by atomic mass is 9.62. The fourth-order valence-corrected chi connectivity index (χ4v) is 6.25. The fraction of sp³-hybridized carbons (Fsp3) is 0.414. The third-order valence-corrected chi connectivity index (χ3v) is 8.52. The maximum atomic E-state index is 14.5. The Morgan fingerprint density at radius 1 is 1.08 bits per heavy atom. The Kier molecular flexibility index (Phi) is 7.88. The highest BCUT2D eigenvalue weighted by molar-refractivity contribution is 7.90. The molecule has 10 heteroatoms. The van der Waals surface area contributed by atoms with Crippen LogP contribution < -0.4 is 15.8 Å². The van der Waals surface area contributed by atoms with E-state index in [9.17, 15) is 23.1 Å². The number of benzene rings is 2. The predicted octanol–water partition coefficient (Wildman–Crippen LogP) is 4.73. The number of aliphatic hydroxyl groups excluding tert-OH is 1. The highest BCUT2D eigenvalue weighted by atomic mass is 32.2. The Morgan fingerprint density at radius 3 is 2.33 bits per heavy atom. The standard InChI is InChI=1S/C29H35N3O6S/c1-17(2)11-13-29(14-12-18(3)4)21-8-6-5-7-20(21)26(34)25(27(29)35)28-31-22-10-9-19(38-16-24(30)33)15-23(22)39(36,37)32-28/h5-10,15,17-18,34H,11-14,16H2,1-4H3,(H2,30,33)(H,31,32). The number of amidine groups is 1. The van der Waals surface area contributed by atoms with E-state index >= 15 is 0 Å². The van der Waals surface area contributed by atoms with E-state index in [-0.39, 0.29) is 39.3 Å². The summed E-state index contributed by atoms with van der Waals surface area (Å²) in [5, 5.41) is 14.4. The minimum absolute atomic E-state index is 0.127. The maximum absolute atomic E-state index is 14.5. The molecule has 0 atom stereocenters. The summed E-state index contributed by atoms with van der Waals surface area (Å²) in [5.74, 6) is -0.755. The van der Waals surface area contributed by atoms with Crippen molar-refractivity contribution in [3.05, 3.63) is 59.2 Å². The number of Topliss-reactive ketones (excluding diaryl/α,β-unsaturated/α-hetero) is 1. The molecule has 0 saturated heterocycles. The number of ether oxygens (including phenoxy) is 1. The van der Waals surface area contributed by atoms with Gasteiger partial charge in [0, 0.05) is 11.6 Å². The number of sulfonamides is 1. The summed E-state index contributed by atoms with van der Waals surface area (Å²) >= 11 is 0. The van der Waals surface area contributed by atoms with Crippen molar-refractivity contribution in [1.29, 1.82) is 0 Å². The molecule has 0 saturated carbocycles. The Morgan fingerprint density at radius 2 is 1.72 bits per heavy atom. The molecular formula is C29H35N3O6S. The first kappa shape index (κ1) is 28.4. The van der Waals surface area contributed by atoms with Gasteiger partial charge in [0.1, 0.15) is 22.0 Å². The number of carbonyl (C=O) groups is 2. The van der Waals surface area contributed by atoms with Gasteiger partial charge in [-0.25, -0.2) is 0 Å². The number of carbonyl (C=O) groups excluding carboxylic acids is 2. The van der Waals surface area contributed by atoms with Crippen LogP contribution in [0, 0.1) is 11.8 Å². The average molecular weight is 554 g/mol. The zero-order valence-electron chi connectivity index (χ0n) is 22.7. The first-order chi connectivity index (χ1) is 18.4. The predicted molar refractivity (Wildman–Crippen MR) is 150 cm³/mol. The second kappa shape index (κ2) is 10.8. The first-order valence-electron chi connectivity index (χ1n) is 13.1. The Labute approximate surface area is 229 Å². The van der Waals surface area contributed by atoms with Crippen LogP contribution in [0.5, 0.6) is 5.75 Å². The van der Waals surface area contributed by atoms with Crippen LogP contribution in [0.25, 0.3) is 5.76 Å². The van der Waals surface area contributed by atoms with E-state index in [1.54, 1.807) is 12.1 Å². The summed E-state index contributed by atoms with van der Waals surface area (Å²) in [4.78, 5) is 25.4. The third kappa shape index (κ3) is 5.56. The van der Waals surface area contributed by atoms with E-state index in [0.717, 1.165) is 18.4 Å². The van der Waals surface area contributed by atoms with E-state index in [1.807, 2.05) is 12.1 Å². The lowest BCUT2D eigenvalue weighted by Crippen LogP contribution is -2.44. The molecule has 1 aliphatic heterocycles. The first-order valence-corrected chi connectivity index (χ1v) is 14.5. The molecule has 0 bridgehead atoms. The van der Waals surface area contributed by atoms with Gasteiger partial charge >= 0.3 is 0 Å². The normalized spacial score (nSPS) is 17.4. The van der Waals surface area contributed by atoms with E-state index in [2.05, 4.69) is 37.4 Å². The third-order valence-electron chi connectivity index (χ3n) is 7.21. The second-order valence-corrected chi connectivity index (χ2v) is 12.6. The minimum atomic E-state index is -4.28. The van der Waals surface area contributed by atoms with Crippen molar-refractivity contribution in [2.24, 2.45) is 22.0 Å². The van der Waals surface area contributed by atoms with Crippen LogP contribution in [0.2, 0.25) is 0 Å². The van der Waals surface area contributed by atoms with Gasteiger partial charge in [-0.2, -0.15) is 8.42 Å². The zero-order chi connectivity index (χ0) is 28.5. The van der Waals surface area contributed by atoms with E-state index in [4.69, 9.17) is 10.5 Å². The molecule has 1 aliphatic carbocycles. The number of nitrogens with one attached hydrogen (secondary N) is 1. The molecule has 4 N–H and O–H groups in total. The van der Waals surface area contributed by atoms with Gasteiger partial charge in [0.05, 0.1) is 11.1 Å². The Balaban J connectivity index is 1.84. The zero-order valence-corrected chi connectivity index (χ0v) is 23.5. The van der Waals surface area contributed by atoms with Crippen LogP contribution in [0.1, 0.15) is 64.5 Å². The Bertz CT molecular complexity index is 1460. The molecule has 0 radical (unpaired) electrons. The summed E-state index contributed by atoms with van der Waals surface area (Å²) in [6.07, 6.45) is 2.67. The largest absolute Gasteiger partial charge is 0.506 e. The quantitative estimate of drug-likeness (QED) is 0.385. The number of amides is 1. The topological polar surface area (TPSA) is 148 Å². The number of primary amides is 1. The van der Waals surface area contributed by atoms with Crippen molar-refractivity contribution in [2.75, 3.05) is 11.9 Å². The summed E-state index contributed by atoms with van der Waals surface area (Å²) in [5.41, 5.74) is 5.48. The average Bonchev–Trinajstić information content (AvgIpc) is 2.87. The van der Waals surface area contributed by atoms with Gasteiger partial charge in [-0.3, -0.25) is 9.59 Å².